The van der Waals surface area contributed by atoms with Crippen LogP contribution in [0.1, 0.15) is 12.8 Å². The quantitative estimate of drug-likeness (QED) is 0.708. The number of rotatable bonds is 2. The summed E-state index contributed by atoms with van der Waals surface area (Å²) < 4.78 is 34.9. The lowest BCUT2D eigenvalue weighted by Gasteiger charge is -2.22. The molecule has 1 fully saturated rings. The van der Waals surface area contributed by atoms with Crippen LogP contribution in [-0.4, -0.2) is 37.2 Å². The van der Waals surface area contributed by atoms with Crippen molar-refractivity contribution < 1.29 is 22.7 Å². The van der Waals surface area contributed by atoms with Gasteiger partial charge in [-0.25, -0.2) is 17.6 Å². The minimum atomic E-state index is -3.21. The molecule has 1 saturated heterocycles. The molecule has 4 nitrogen and oxygen atoms in total. The van der Waals surface area contributed by atoms with Gasteiger partial charge in [-0.1, -0.05) is 0 Å². The Morgan fingerprint density at radius 3 is 2.62 bits per heavy atom. The van der Waals surface area contributed by atoms with Crippen LogP contribution in [0.15, 0.2) is 0 Å². The largest absolute Gasteiger partial charge is 0.479 e. The maximum atomic E-state index is 12.9. The van der Waals surface area contributed by atoms with E-state index in [-0.39, 0.29) is 11.5 Å². The molecule has 1 heterocycles. The van der Waals surface area contributed by atoms with Crippen LogP contribution in [0.4, 0.5) is 4.39 Å². The number of sulfone groups is 1. The van der Waals surface area contributed by atoms with Gasteiger partial charge in [0, 0.05) is 5.92 Å². The number of carbonyl (C=O) groups is 1. The molecule has 0 aromatic heterocycles. The van der Waals surface area contributed by atoms with Crippen molar-refractivity contribution in [3.05, 3.63) is 0 Å². The Labute approximate surface area is 75.7 Å². The molecule has 0 amide bonds. The SMILES string of the molecule is O=C(O)C(F)C1CCCS(=O)(=O)C1. The first kappa shape index (κ1) is 10.4. The zero-order valence-corrected chi connectivity index (χ0v) is 7.76. The minimum Gasteiger partial charge on any atom is -0.479 e. The first-order valence-electron chi connectivity index (χ1n) is 4.00. The molecule has 1 aliphatic heterocycles. The summed E-state index contributed by atoms with van der Waals surface area (Å²) in [4.78, 5) is 10.2. The van der Waals surface area contributed by atoms with Crippen molar-refractivity contribution in [3.8, 4) is 0 Å². The van der Waals surface area contributed by atoms with Gasteiger partial charge in [-0.15, -0.1) is 0 Å². The third-order valence-electron chi connectivity index (χ3n) is 2.15. The lowest BCUT2D eigenvalue weighted by atomic mass is 10.00. The van der Waals surface area contributed by atoms with E-state index in [0.717, 1.165) is 0 Å². The smallest absolute Gasteiger partial charge is 0.338 e. The van der Waals surface area contributed by atoms with Gasteiger partial charge in [0.1, 0.15) is 0 Å². The van der Waals surface area contributed by atoms with Gasteiger partial charge < -0.3 is 5.11 Å². The molecule has 1 aliphatic rings. The number of hydrogen-bond donors (Lipinski definition) is 1. The van der Waals surface area contributed by atoms with E-state index < -0.39 is 27.9 Å². The van der Waals surface area contributed by atoms with Crippen LogP contribution >= 0.6 is 0 Å². The normalized spacial score (nSPS) is 29.5. The van der Waals surface area contributed by atoms with Crippen molar-refractivity contribution in [2.24, 2.45) is 5.92 Å². The molecule has 1 N–H and O–H groups in total. The van der Waals surface area contributed by atoms with Gasteiger partial charge in [0.2, 0.25) is 6.17 Å². The third kappa shape index (κ3) is 2.65. The van der Waals surface area contributed by atoms with Crippen LogP contribution in [0.5, 0.6) is 0 Å². The molecular formula is C7H11FO4S. The van der Waals surface area contributed by atoms with Gasteiger partial charge in [0.25, 0.3) is 0 Å². The molecular weight excluding hydrogens is 199 g/mol. The lowest BCUT2D eigenvalue weighted by Crippen LogP contribution is -2.35. The number of aliphatic carboxylic acids is 1. The van der Waals surface area contributed by atoms with Crippen LogP contribution in [0.25, 0.3) is 0 Å². The summed E-state index contributed by atoms with van der Waals surface area (Å²) in [5.74, 6) is -2.71. The molecule has 0 radical (unpaired) electrons. The Hall–Kier alpha value is -0.650. The van der Waals surface area contributed by atoms with E-state index >= 15 is 0 Å². The summed E-state index contributed by atoms with van der Waals surface area (Å²) >= 11 is 0. The number of halogens is 1. The molecule has 1 rings (SSSR count). The second-order valence-electron chi connectivity index (χ2n) is 3.26. The molecule has 0 bridgehead atoms. The van der Waals surface area contributed by atoms with Crippen molar-refractivity contribution >= 4 is 15.8 Å². The summed E-state index contributed by atoms with van der Waals surface area (Å²) in [5.41, 5.74) is 0. The second kappa shape index (κ2) is 3.61. The molecule has 76 valence electrons. The van der Waals surface area contributed by atoms with Crippen molar-refractivity contribution in [1.29, 1.82) is 0 Å². The Kier molecular flexibility index (Phi) is 2.90. The van der Waals surface area contributed by atoms with E-state index in [4.69, 9.17) is 5.11 Å². The fourth-order valence-electron chi connectivity index (χ4n) is 1.49. The molecule has 0 aliphatic carbocycles. The standard InChI is InChI=1S/C7H11FO4S/c8-6(7(9)10)5-2-1-3-13(11,12)4-5/h5-6H,1-4H2,(H,9,10). The van der Waals surface area contributed by atoms with Gasteiger partial charge in [0.05, 0.1) is 11.5 Å². The molecule has 2 atom stereocenters. The maximum Gasteiger partial charge on any atom is 0.338 e. The Morgan fingerprint density at radius 2 is 2.15 bits per heavy atom. The van der Waals surface area contributed by atoms with Crippen LogP contribution < -0.4 is 0 Å². The molecule has 0 spiro atoms. The molecule has 13 heavy (non-hydrogen) atoms. The highest BCUT2D eigenvalue weighted by Crippen LogP contribution is 2.23. The van der Waals surface area contributed by atoms with Crippen LogP contribution in [0, 0.1) is 5.92 Å². The number of alkyl halides is 1. The van der Waals surface area contributed by atoms with E-state index in [9.17, 15) is 17.6 Å². The Morgan fingerprint density at radius 1 is 1.54 bits per heavy atom. The highest BCUT2D eigenvalue weighted by molar-refractivity contribution is 7.91. The maximum absolute atomic E-state index is 12.9. The number of hydrogen-bond acceptors (Lipinski definition) is 3. The highest BCUT2D eigenvalue weighted by Gasteiger charge is 2.34. The van der Waals surface area contributed by atoms with E-state index in [1.165, 1.54) is 0 Å². The summed E-state index contributed by atoms with van der Waals surface area (Å²) in [6.45, 7) is 0. The zero-order valence-electron chi connectivity index (χ0n) is 6.94. The molecule has 0 saturated carbocycles. The first-order valence-corrected chi connectivity index (χ1v) is 5.82. The number of carboxylic acid groups (broad SMARTS) is 1. The predicted molar refractivity (Wildman–Crippen MR) is 43.9 cm³/mol. The van der Waals surface area contributed by atoms with Gasteiger partial charge >= 0.3 is 5.97 Å². The molecule has 0 aromatic carbocycles. The average Bonchev–Trinajstić information content (AvgIpc) is 2.01. The van der Waals surface area contributed by atoms with Crippen LogP contribution in [0.3, 0.4) is 0 Å². The fraction of sp³-hybridized carbons (Fsp3) is 0.857. The van der Waals surface area contributed by atoms with Gasteiger partial charge in [-0.2, -0.15) is 0 Å². The molecule has 6 heteroatoms. The predicted octanol–water partition coefficient (Wildman–Crippen LogP) is 0.234. The van der Waals surface area contributed by atoms with Crippen LogP contribution in [0.2, 0.25) is 0 Å². The van der Waals surface area contributed by atoms with E-state index in [0.29, 0.717) is 12.8 Å². The highest BCUT2D eigenvalue weighted by atomic mass is 32.2. The minimum absolute atomic E-state index is 0.0514. The van der Waals surface area contributed by atoms with Crippen molar-refractivity contribution in [2.75, 3.05) is 11.5 Å². The second-order valence-corrected chi connectivity index (χ2v) is 5.49. The summed E-state index contributed by atoms with van der Waals surface area (Å²) in [6, 6.07) is 0. The topological polar surface area (TPSA) is 71.4 Å². The molecule has 2 unspecified atom stereocenters. The van der Waals surface area contributed by atoms with Crippen LogP contribution in [-0.2, 0) is 14.6 Å². The molecule has 0 aromatic rings. The van der Waals surface area contributed by atoms with Crippen molar-refractivity contribution in [1.82, 2.24) is 0 Å². The Bertz CT molecular complexity index is 298. The summed E-state index contributed by atoms with van der Waals surface area (Å²) in [6.07, 6.45) is -1.34. The summed E-state index contributed by atoms with van der Waals surface area (Å²) in [7, 11) is -3.21. The third-order valence-corrected chi connectivity index (χ3v) is 3.99. The van der Waals surface area contributed by atoms with Crippen molar-refractivity contribution in [3.63, 3.8) is 0 Å². The van der Waals surface area contributed by atoms with Gasteiger partial charge in [0.15, 0.2) is 9.84 Å². The lowest BCUT2D eigenvalue weighted by molar-refractivity contribution is -0.144. The zero-order chi connectivity index (χ0) is 10.1. The van der Waals surface area contributed by atoms with Crippen molar-refractivity contribution in [2.45, 2.75) is 19.0 Å². The van der Waals surface area contributed by atoms with Gasteiger partial charge in [-0.3, -0.25) is 0 Å². The van der Waals surface area contributed by atoms with E-state index in [1.54, 1.807) is 0 Å². The monoisotopic (exact) mass is 210 g/mol. The van der Waals surface area contributed by atoms with E-state index in [1.807, 2.05) is 0 Å². The average molecular weight is 210 g/mol. The van der Waals surface area contributed by atoms with Gasteiger partial charge in [-0.05, 0) is 12.8 Å². The van der Waals surface area contributed by atoms with E-state index in [2.05, 4.69) is 0 Å². The summed E-state index contributed by atoms with van der Waals surface area (Å²) in [5, 5.41) is 8.33. The Balaban J connectivity index is 2.67. The number of carboxylic acids is 1. The fourth-order valence-corrected chi connectivity index (χ4v) is 3.25. The first-order chi connectivity index (χ1) is 5.92.